The molecule has 2 atom stereocenters. The van der Waals surface area contributed by atoms with Gasteiger partial charge in [-0.25, -0.2) is 0 Å². The van der Waals surface area contributed by atoms with Gasteiger partial charge in [0.1, 0.15) is 0 Å². The van der Waals surface area contributed by atoms with Crippen LogP contribution < -0.4 is 5.32 Å². The quantitative estimate of drug-likeness (QED) is 0.0596. The Kier molecular flexibility index (Phi) is 25.0. The molecule has 39 heavy (non-hydrogen) atoms. The first-order chi connectivity index (χ1) is 18.8. The molecular formula is C32H55NO5S. The molecule has 0 spiro atoms. The molecule has 7 heteroatoms. The Labute approximate surface area is 239 Å². The fourth-order valence-electron chi connectivity index (χ4n) is 3.97. The van der Waals surface area contributed by atoms with E-state index in [1.807, 2.05) is 0 Å². The molecule has 224 valence electrons. The summed E-state index contributed by atoms with van der Waals surface area (Å²) < 4.78 is 31.9. The SMILES string of the molecule is CC/C=C\C/C=C\C/C=C\C/C=C\CCCCCCCCC(=O)NC(CS(=O)(=O)O)C(O)/C=C/CCCCC. The molecule has 2 unspecified atom stereocenters. The average molecular weight is 566 g/mol. The van der Waals surface area contributed by atoms with Crippen LogP contribution in [-0.4, -0.2) is 41.9 Å². The van der Waals surface area contributed by atoms with Gasteiger partial charge in [0.05, 0.1) is 17.9 Å². The van der Waals surface area contributed by atoms with E-state index in [1.165, 1.54) is 6.08 Å². The van der Waals surface area contributed by atoms with Crippen LogP contribution in [0.15, 0.2) is 60.8 Å². The van der Waals surface area contributed by atoms with Crippen molar-refractivity contribution < 1.29 is 22.9 Å². The maximum atomic E-state index is 12.3. The lowest BCUT2D eigenvalue weighted by atomic mass is 10.1. The number of hydrogen-bond acceptors (Lipinski definition) is 4. The zero-order valence-electron chi connectivity index (χ0n) is 24.5. The first-order valence-corrected chi connectivity index (χ1v) is 16.6. The van der Waals surface area contributed by atoms with Crippen molar-refractivity contribution in [3.05, 3.63) is 60.8 Å². The number of allylic oxidation sites excluding steroid dienone is 9. The van der Waals surface area contributed by atoms with E-state index in [2.05, 4.69) is 67.8 Å². The zero-order chi connectivity index (χ0) is 29.0. The van der Waals surface area contributed by atoms with Crippen molar-refractivity contribution in [3.63, 3.8) is 0 Å². The fourth-order valence-corrected chi connectivity index (χ4v) is 4.70. The van der Waals surface area contributed by atoms with Crippen molar-refractivity contribution in [1.29, 1.82) is 0 Å². The number of hydrogen-bond donors (Lipinski definition) is 3. The summed E-state index contributed by atoms with van der Waals surface area (Å²) in [5, 5.41) is 12.9. The molecule has 0 aliphatic carbocycles. The van der Waals surface area contributed by atoms with Gasteiger partial charge >= 0.3 is 0 Å². The Morgan fingerprint density at radius 3 is 1.82 bits per heavy atom. The monoisotopic (exact) mass is 565 g/mol. The molecule has 0 aromatic rings. The van der Waals surface area contributed by atoms with Crippen LogP contribution in [0.2, 0.25) is 0 Å². The number of amides is 1. The molecule has 0 aromatic heterocycles. The van der Waals surface area contributed by atoms with Gasteiger partial charge < -0.3 is 10.4 Å². The Hall–Kier alpha value is -1.96. The van der Waals surface area contributed by atoms with E-state index in [1.54, 1.807) is 6.08 Å². The molecule has 0 saturated heterocycles. The highest BCUT2D eigenvalue weighted by Gasteiger charge is 2.24. The number of aliphatic hydroxyl groups excluding tert-OH is 1. The van der Waals surface area contributed by atoms with Crippen molar-refractivity contribution in [3.8, 4) is 0 Å². The second kappa shape index (κ2) is 26.3. The van der Waals surface area contributed by atoms with Crippen LogP contribution in [0.25, 0.3) is 0 Å². The minimum absolute atomic E-state index is 0.275. The summed E-state index contributed by atoms with van der Waals surface area (Å²) in [7, 11) is -4.33. The molecule has 0 aromatic carbocycles. The minimum atomic E-state index is -4.33. The first-order valence-electron chi connectivity index (χ1n) is 15.0. The van der Waals surface area contributed by atoms with Crippen LogP contribution in [0.4, 0.5) is 0 Å². The van der Waals surface area contributed by atoms with Gasteiger partial charge in [0.25, 0.3) is 10.1 Å². The van der Waals surface area contributed by atoms with E-state index >= 15 is 0 Å². The lowest BCUT2D eigenvalue weighted by Gasteiger charge is -2.21. The van der Waals surface area contributed by atoms with E-state index in [-0.39, 0.29) is 12.3 Å². The molecular weight excluding hydrogens is 510 g/mol. The molecule has 0 rings (SSSR count). The van der Waals surface area contributed by atoms with Crippen LogP contribution in [0.1, 0.15) is 117 Å². The third kappa shape index (κ3) is 27.4. The van der Waals surface area contributed by atoms with Crippen molar-refractivity contribution in [1.82, 2.24) is 5.32 Å². The topological polar surface area (TPSA) is 104 Å². The highest BCUT2D eigenvalue weighted by Crippen LogP contribution is 2.10. The summed E-state index contributed by atoms with van der Waals surface area (Å²) >= 11 is 0. The van der Waals surface area contributed by atoms with Crippen molar-refractivity contribution >= 4 is 16.0 Å². The molecule has 0 aliphatic rings. The van der Waals surface area contributed by atoms with Crippen LogP contribution in [0.5, 0.6) is 0 Å². The third-order valence-electron chi connectivity index (χ3n) is 6.20. The Morgan fingerprint density at radius 1 is 0.718 bits per heavy atom. The molecule has 0 bridgehead atoms. The van der Waals surface area contributed by atoms with Crippen molar-refractivity contribution in [2.24, 2.45) is 0 Å². The van der Waals surface area contributed by atoms with Gasteiger partial charge in [-0.05, 0) is 57.8 Å². The molecule has 1 amide bonds. The van der Waals surface area contributed by atoms with Gasteiger partial charge in [0.15, 0.2) is 0 Å². The Balaban J connectivity index is 3.96. The first kappa shape index (κ1) is 37.0. The summed E-state index contributed by atoms with van der Waals surface area (Å²) in [6, 6.07) is -1.06. The molecule has 3 N–H and O–H groups in total. The predicted molar refractivity (Wildman–Crippen MR) is 165 cm³/mol. The van der Waals surface area contributed by atoms with Gasteiger partial charge in [-0.2, -0.15) is 8.42 Å². The van der Waals surface area contributed by atoms with Gasteiger partial charge in [0.2, 0.25) is 5.91 Å². The molecule has 6 nitrogen and oxygen atoms in total. The van der Waals surface area contributed by atoms with Gasteiger partial charge in [0, 0.05) is 6.42 Å². The predicted octanol–water partition coefficient (Wildman–Crippen LogP) is 7.78. The van der Waals surface area contributed by atoms with Gasteiger partial charge in [-0.15, -0.1) is 0 Å². The number of aliphatic hydroxyl groups is 1. The number of carbonyl (C=O) groups is 1. The van der Waals surface area contributed by atoms with Crippen LogP contribution in [0.3, 0.4) is 0 Å². The van der Waals surface area contributed by atoms with E-state index in [9.17, 15) is 22.9 Å². The van der Waals surface area contributed by atoms with E-state index < -0.39 is 28.0 Å². The second-order valence-electron chi connectivity index (χ2n) is 10.00. The second-order valence-corrected chi connectivity index (χ2v) is 11.5. The number of unbranched alkanes of at least 4 members (excludes halogenated alkanes) is 9. The van der Waals surface area contributed by atoms with Crippen LogP contribution >= 0.6 is 0 Å². The lowest BCUT2D eigenvalue weighted by Crippen LogP contribution is -2.46. The molecule has 0 fully saturated rings. The smallest absolute Gasteiger partial charge is 0.267 e. The minimum Gasteiger partial charge on any atom is -0.387 e. The Morgan fingerprint density at radius 2 is 1.23 bits per heavy atom. The van der Waals surface area contributed by atoms with Gasteiger partial charge in [-0.1, -0.05) is 113 Å². The average Bonchev–Trinajstić information content (AvgIpc) is 2.88. The maximum absolute atomic E-state index is 12.3. The van der Waals surface area contributed by atoms with Crippen LogP contribution in [0, 0.1) is 0 Å². The maximum Gasteiger partial charge on any atom is 0.267 e. The summed E-state index contributed by atoms with van der Waals surface area (Å²) in [6.07, 6.45) is 35.3. The standard InChI is InChI=1S/C32H55NO5S/c1-3-5-7-9-10-11-12-13-14-15-16-17-18-19-20-21-22-24-26-28-32(35)33-30(29-39(36,37)38)31(34)27-25-23-8-6-4-2/h5,7,10-11,13-14,16-17,25,27,30-31,34H,3-4,6,8-9,12,15,18-24,26,28-29H2,1-2H3,(H,33,35)(H,36,37,38)/b7-5-,11-10-,14-13-,17-16-,27-25+. The highest BCUT2D eigenvalue weighted by atomic mass is 32.2. The largest absolute Gasteiger partial charge is 0.387 e. The zero-order valence-corrected chi connectivity index (χ0v) is 25.3. The third-order valence-corrected chi connectivity index (χ3v) is 6.98. The van der Waals surface area contributed by atoms with Crippen molar-refractivity contribution in [2.45, 2.75) is 129 Å². The Bertz CT molecular complexity index is 843. The van der Waals surface area contributed by atoms with Crippen molar-refractivity contribution in [2.75, 3.05) is 5.75 Å². The van der Waals surface area contributed by atoms with E-state index in [4.69, 9.17) is 0 Å². The number of rotatable bonds is 25. The summed E-state index contributed by atoms with van der Waals surface area (Å²) in [6.45, 7) is 4.24. The van der Waals surface area contributed by atoms with Gasteiger partial charge in [-0.3, -0.25) is 9.35 Å². The lowest BCUT2D eigenvalue weighted by molar-refractivity contribution is -0.122. The summed E-state index contributed by atoms with van der Waals surface area (Å²) in [5.41, 5.74) is 0. The molecule has 0 saturated carbocycles. The normalized spacial score (nSPS) is 14.5. The number of carbonyl (C=O) groups excluding carboxylic acids is 1. The molecule has 0 radical (unpaired) electrons. The van der Waals surface area contributed by atoms with E-state index in [0.717, 1.165) is 89.9 Å². The highest BCUT2D eigenvalue weighted by molar-refractivity contribution is 7.85. The summed E-state index contributed by atoms with van der Waals surface area (Å²) in [4.78, 5) is 12.3. The summed E-state index contributed by atoms with van der Waals surface area (Å²) in [5.74, 6) is -1.01. The van der Waals surface area contributed by atoms with Crippen LogP contribution in [-0.2, 0) is 14.9 Å². The fraction of sp³-hybridized carbons (Fsp3) is 0.656. The molecule has 0 aliphatic heterocycles. The molecule has 0 heterocycles. The van der Waals surface area contributed by atoms with E-state index in [0.29, 0.717) is 6.42 Å². The number of nitrogens with one attached hydrogen (secondary N) is 1.